The van der Waals surface area contributed by atoms with Crippen molar-refractivity contribution in [1.82, 2.24) is 5.16 Å². The van der Waals surface area contributed by atoms with E-state index in [1.54, 1.807) is 37.3 Å². The minimum absolute atomic E-state index is 0.176. The van der Waals surface area contributed by atoms with Crippen molar-refractivity contribution in [3.63, 3.8) is 0 Å². The van der Waals surface area contributed by atoms with E-state index in [9.17, 15) is 9.59 Å². The van der Waals surface area contributed by atoms with Gasteiger partial charge in [0.05, 0.1) is 0 Å². The van der Waals surface area contributed by atoms with Crippen molar-refractivity contribution < 1.29 is 23.6 Å². The number of carbonyl (C=O) groups is 2. The van der Waals surface area contributed by atoms with Crippen LogP contribution in [0.25, 0.3) is 0 Å². The first-order valence-electron chi connectivity index (χ1n) is 9.11. The van der Waals surface area contributed by atoms with E-state index in [0.29, 0.717) is 17.0 Å². The Hall–Kier alpha value is -3.61. The maximum atomic E-state index is 12.9. The molecule has 0 fully saturated rings. The smallest absolute Gasteiger partial charge is 0.345 e. The summed E-state index contributed by atoms with van der Waals surface area (Å²) in [7, 11) is 0. The zero-order chi connectivity index (χ0) is 20.8. The summed E-state index contributed by atoms with van der Waals surface area (Å²) in [4.78, 5) is 25.2. The number of anilines is 1. The highest BCUT2D eigenvalue weighted by Crippen LogP contribution is 2.23. The van der Waals surface area contributed by atoms with Gasteiger partial charge in [0, 0.05) is 17.3 Å². The highest BCUT2D eigenvalue weighted by molar-refractivity contribution is 5.96. The molecule has 7 nitrogen and oxygen atoms in total. The third-order valence-electron chi connectivity index (χ3n) is 4.18. The fourth-order valence-electron chi connectivity index (χ4n) is 2.68. The van der Waals surface area contributed by atoms with Crippen LogP contribution in [0.4, 0.5) is 5.69 Å². The Kier molecular flexibility index (Phi) is 6.29. The molecule has 1 aromatic heterocycles. The van der Waals surface area contributed by atoms with E-state index in [1.165, 1.54) is 0 Å². The number of carbonyl (C=O) groups excluding carboxylic acids is 2. The molecule has 2 aromatic carbocycles. The van der Waals surface area contributed by atoms with Gasteiger partial charge in [-0.2, -0.15) is 0 Å². The van der Waals surface area contributed by atoms with E-state index in [1.807, 2.05) is 38.1 Å². The molecule has 0 saturated carbocycles. The number of aryl methyl sites for hydroxylation is 3. The Labute approximate surface area is 168 Å². The fraction of sp³-hybridized carbons (Fsp3) is 0.227. The lowest BCUT2D eigenvalue weighted by Crippen LogP contribution is -2.28. The second-order valence-corrected chi connectivity index (χ2v) is 6.65. The summed E-state index contributed by atoms with van der Waals surface area (Å²) in [5.74, 6) is -0.412. The van der Waals surface area contributed by atoms with Crippen LogP contribution in [0.1, 0.15) is 28.6 Å². The van der Waals surface area contributed by atoms with Gasteiger partial charge in [0.25, 0.3) is 11.8 Å². The monoisotopic (exact) mass is 394 g/mol. The molecule has 0 bridgehead atoms. The van der Waals surface area contributed by atoms with Gasteiger partial charge in [-0.1, -0.05) is 42.5 Å². The predicted molar refractivity (Wildman–Crippen MR) is 107 cm³/mol. The van der Waals surface area contributed by atoms with Crippen LogP contribution < -0.4 is 10.1 Å². The van der Waals surface area contributed by atoms with Crippen molar-refractivity contribution in [3.8, 4) is 5.88 Å². The number of aromatic nitrogens is 1. The van der Waals surface area contributed by atoms with Gasteiger partial charge >= 0.3 is 5.97 Å². The summed E-state index contributed by atoms with van der Waals surface area (Å²) in [5.41, 5.74) is 3.14. The summed E-state index contributed by atoms with van der Waals surface area (Å²) in [6.45, 7) is 5.15. The molecule has 0 aliphatic carbocycles. The van der Waals surface area contributed by atoms with Gasteiger partial charge in [-0.15, -0.1) is 0 Å². The molecule has 0 spiro atoms. The molecule has 0 radical (unpaired) electrons. The lowest BCUT2D eigenvalue weighted by molar-refractivity contribution is -0.156. The molecule has 150 valence electrons. The molecular weight excluding hydrogens is 372 g/mol. The van der Waals surface area contributed by atoms with Gasteiger partial charge in [0.15, 0.2) is 6.61 Å². The summed E-state index contributed by atoms with van der Waals surface area (Å²) in [6, 6.07) is 16.1. The minimum Gasteiger partial charge on any atom is -0.463 e. The Morgan fingerprint density at radius 2 is 1.83 bits per heavy atom. The summed E-state index contributed by atoms with van der Waals surface area (Å²) in [6.07, 6.45) is -1.12. The van der Waals surface area contributed by atoms with Gasteiger partial charge < -0.3 is 19.3 Å². The summed E-state index contributed by atoms with van der Waals surface area (Å²) in [5, 5.41) is 6.50. The quantitative estimate of drug-likeness (QED) is 0.611. The Bertz CT molecular complexity index is 997. The van der Waals surface area contributed by atoms with Crippen LogP contribution in [0, 0.1) is 20.8 Å². The summed E-state index contributed by atoms with van der Waals surface area (Å²) >= 11 is 0. The maximum Gasteiger partial charge on any atom is 0.345 e. The van der Waals surface area contributed by atoms with Crippen molar-refractivity contribution in [2.24, 2.45) is 0 Å². The van der Waals surface area contributed by atoms with Crippen LogP contribution in [0.2, 0.25) is 0 Å². The molecular formula is C22H22N2O5. The number of amides is 1. The van der Waals surface area contributed by atoms with E-state index in [0.717, 1.165) is 11.1 Å². The Morgan fingerprint density at radius 1 is 1.07 bits per heavy atom. The van der Waals surface area contributed by atoms with Crippen LogP contribution >= 0.6 is 0 Å². The number of hydrogen-bond acceptors (Lipinski definition) is 6. The van der Waals surface area contributed by atoms with E-state index < -0.39 is 24.6 Å². The van der Waals surface area contributed by atoms with E-state index in [4.69, 9.17) is 14.0 Å². The second-order valence-electron chi connectivity index (χ2n) is 6.65. The Morgan fingerprint density at radius 3 is 2.52 bits per heavy atom. The molecule has 3 rings (SSSR count). The maximum absolute atomic E-state index is 12.9. The molecule has 1 amide bonds. The van der Waals surface area contributed by atoms with Crippen LogP contribution in [-0.4, -0.2) is 23.6 Å². The molecule has 1 N–H and O–H groups in total. The normalized spacial score (nSPS) is 11.6. The second kappa shape index (κ2) is 9.05. The zero-order valence-corrected chi connectivity index (χ0v) is 16.5. The Balaban J connectivity index is 1.73. The first-order chi connectivity index (χ1) is 13.9. The largest absolute Gasteiger partial charge is 0.463 e. The van der Waals surface area contributed by atoms with Gasteiger partial charge in [-0.25, -0.2) is 4.79 Å². The third kappa shape index (κ3) is 5.44. The standard InChI is InChI=1S/C22H22N2O5/c1-14-9-10-15(2)18(11-14)23-22(26)21(17-7-5-4-6-8-17)28-20(25)13-27-19-12-16(3)29-24-19/h4-12,21H,13H2,1-3H3,(H,23,26)/t21-/m0/s1. The molecule has 0 unspecified atom stereocenters. The van der Waals surface area contributed by atoms with Crippen molar-refractivity contribution in [2.75, 3.05) is 11.9 Å². The van der Waals surface area contributed by atoms with Gasteiger partial charge in [-0.05, 0) is 43.1 Å². The lowest BCUT2D eigenvalue weighted by Gasteiger charge is -2.19. The van der Waals surface area contributed by atoms with Crippen molar-refractivity contribution in [3.05, 3.63) is 77.0 Å². The highest BCUT2D eigenvalue weighted by Gasteiger charge is 2.26. The van der Waals surface area contributed by atoms with Crippen molar-refractivity contribution >= 4 is 17.6 Å². The highest BCUT2D eigenvalue weighted by atomic mass is 16.6. The van der Waals surface area contributed by atoms with Gasteiger partial charge in [0.1, 0.15) is 5.76 Å². The molecule has 3 aromatic rings. The van der Waals surface area contributed by atoms with E-state index in [-0.39, 0.29) is 5.88 Å². The number of benzene rings is 2. The number of ether oxygens (including phenoxy) is 2. The zero-order valence-electron chi connectivity index (χ0n) is 16.5. The van der Waals surface area contributed by atoms with Crippen molar-refractivity contribution in [2.45, 2.75) is 26.9 Å². The van der Waals surface area contributed by atoms with E-state index >= 15 is 0 Å². The number of esters is 1. The van der Waals surface area contributed by atoms with Crippen LogP contribution in [-0.2, 0) is 14.3 Å². The fourth-order valence-corrected chi connectivity index (χ4v) is 2.68. The third-order valence-corrected chi connectivity index (χ3v) is 4.18. The average Bonchev–Trinajstić information content (AvgIpc) is 3.13. The SMILES string of the molecule is Cc1ccc(C)c(NC(=O)[C@@H](OC(=O)COc2cc(C)on2)c2ccccc2)c1. The van der Waals surface area contributed by atoms with Crippen LogP contribution in [0.15, 0.2) is 59.1 Å². The molecule has 29 heavy (non-hydrogen) atoms. The topological polar surface area (TPSA) is 90.7 Å². The molecule has 1 heterocycles. The number of nitrogens with one attached hydrogen (secondary N) is 1. The van der Waals surface area contributed by atoms with Crippen LogP contribution in [0.5, 0.6) is 5.88 Å². The predicted octanol–water partition coefficient (Wildman–Crippen LogP) is 3.90. The van der Waals surface area contributed by atoms with Gasteiger partial charge in [-0.3, -0.25) is 4.79 Å². The van der Waals surface area contributed by atoms with Crippen molar-refractivity contribution in [1.29, 1.82) is 0 Å². The van der Waals surface area contributed by atoms with Crippen LogP contribution in [0.3, 0.4) is 0 Å². The average molecular weight is 394 g/mol. The minimum atomic E-state index is -1.12. The van der Waals surface area contributed by atoms with Gasteiger partial charge in [0.2, 0.25) is 6.10 Å². The molecule has 7 heteroatoms. The summed E-state index contributed by atoms with van der Waals surface area (Å²) < 4.78 is 15.6. The molecule has 0 aliphatic heterocycles. The number of rotatable bonds is 7. The number of nitrogens with zero attached hydrogens (tertiary/aromatic N) is 1. The molecule has 1 atom stereocenters. The first kappa shape index (κ1) is 20.1. The lowest BCUT2D eigenvalue weighted by atomic mass is 10.1. The molecule has 0 aliphatic rings. The molecule has 0 saturated heterocycles. The number of hydrogen-bond donors (Lipinski definition) is 1. The first-order valence-corrected chi connectivity index (χ1v) is 9.11. The van der Waals surface area contributed by atoms with E-state index in [2.05, 4.69) is 10.5 Å².